The zero-order valence-electron chi connectivity index (χ0n) is 12.3. The third kappa shape index (κ3) is 2.17. The van der Waals surface area contributed by atoms with Gasteiger partial charge in [0.05, 0.1) is 0 Å². The van der Waals surface area contributed by atoms with Crippen LogP contribution in [0.25, 0.3) is 32.9 Å². The Bertz CT molecular complexity index is 1120. The molecule has 0 N–H and O–H groups in total. The lowest BCUT2D eigenvalue weighted by Crippen LogP contribution is -2.01. The fourth-order valence-electron chi connectivity index (χ4n) is 2.84. The number of fused-ring (bicyclic) bond motifs is 4. The van der Waals surface area contributed by atoms with Crippen molar-refractivity contribution in [2.75, 3.05) is 0 Å². The number of furan rings is 1. The molecule has 5 nitrogen and oxygen atoms in total. The van der Waals surface area contributed by atoms with Crippen molar-refractivity contribution < 1.29 is 18.4 Å². The van der Waals surface area contributed by atoms with Crippen LogP contribution < -0.4 is 5.63 Å². The molecule has 0 radical (unpaired) electrons. The van der Waals surface area contributed by atoms with Crippen LogP contribution in [0, 0.1) is 0 Å². The Morgan fingerprint density at radius 3 is 2.65 bits per heavy atom. The summed E-state index contributed by atoms with van der Waals surface area (Å²) in [6.45, 7) is 1.44. The first-order valence-electron chi connectivity index (χ1n) is 7.14. The first kappa shape index (κ1) is 13.6. The molecule has 0 aliphatic carbocycles. The van der Waals surface area contributed by atoms with Crippen LogP contribution in [-0.4, -0.2) is 5.97 Å². The molecule has 0 fully saturated rings. The molecule has 2 heterocycles. The van der Waals surface area contributed by atoms with Crippen molar-refractivity contribution in [3.8, 4) is 0 Å². The summed E-state index contributed by atoms with van der Waals surface area (Å²) in [5, 5.41) is 2.52. The molecule has 0 atom stereocenters. The second-order valence-corrected chi connectivity index (χ2v) is 5.27. The van der Waals surface area contributed by atoms with Crippen molar-refractivity contribution >= 4 is 38.9 Å². The molecule has 0 aliphatic rings. The van der Waals surface area contributed by atoms with Crippen LogP contribution in [-0.2, 0) is 16.1 Å². The maximum absolute atomic E-state index is 11.5. The molecule has 2 aromatic heterocycles. The summed E-state index contributed by atoms with van der Waals surface area (Å²) in [7, 11) is 0. The summed E-state index contributed by atoms with van der Waals surface area (Å²) in [4.78, 5) is 22.7. The van der Waals surface area contributed by atoms with Crippen LogP contribution in [0.4, 0.5) is 0 Å². The van der Waals surface area contributed by atoms with E-state index >= 15 is 0 Å². The summed E-state index contributed by atoms with van der Waals surface area (Å²) in [6, 6.07) is 12.4. The Balaban J connectivity index is 2.15. The van der Waals surface area contributed by atoms with Gasteiger partial charge in [0, 0.05) is 40.8 Å². The van der Waals surface area contributed by atoms with E-state index < -0.39 is 5.63 Å². The van der Waals surface area contributed by atoms with Crippen LogP contribution in [0.5, 0.6) is 0 Å². The molecule has 0 aliphatic heterocycles. The van der Waals surface area contributed by atoms with Crippen molar-refractivity contribution in [1.82, 2.24) is 0 Å². The molecule has 23 heavy (non-hydrogen) atoms. The average molecular weight is 308 g/mol. The molecule has 0 spiro atoms. The number of hydrogen-bond donors (Lipinski definition) is 0. The first-order valence-corrected chi connectivity index (χ1v) is 7.14. The largest absolute Gasteiger partial charge is 0.461 e. The summed E-state index contributed by atoms with van der Waals surface area (Å²) in [5.74, 6) is -0.375. The molecule has 0 saturated heterocycles. The van der Waals surface area contributed by atoms with Crippen LogP contribution in [0.15, 0.2) is 56.1 Å². The van der Waals surface area contributed by atoms with E-state index in [4.69, 9.17) is 13.6 Å². The Morgan fingerprint density at radius 2 is 1.83 bits per heavy atom. The van der Waals surface area contributed by atoms with E-state index in [1.807, 2.05) is 24.3 Å². The third-order valence-corrected chi connectivity index (χ3v) is 3.79. The zero-order chi connectivity index (χ0) is 16.0. The SMILES string of the molecule is CC(=O)OCc1c2ccc(=O)oc2cc2oc3ccccc3c12. The fraction of sp³-hybridized carbons (Fsp3) is 0.111. The van der Waals surface area contributed by atoms with Crippen LogP contribution in [0.2, 0.25) is 0 Å². The van der Waals surface area contributed by atoms with Gasteiger partial charge in [-0.3, -0.25) is 4.79 Å². The van der Waals surface area contributed by atoms with Gasteiger partial charge in [0.2, 0.25) is 0 Å². The van der Waals surface area contributed by atoms with Crippen LogP contribution in [0.1, 0.15) is 12.5 Å². The van der Waals surface area contributed by atoms with E-state index in [-0.39, 0.29) is 12.6 Å². The number of rotatable bonds is 2. The average Bonchev–Trinajstić information content (AvgIpc) is 2.89. The van der Waals surface area contributed by atoms with Gasteiger partial charge in [0.15, 0.2) is 0 Å². The quantitative estimate of drug-likeness (QED) is 0.416. The molecule has 4 aromatic rings. The maximum atomic E-state index is 11.5. The summed E-state index contributed by atoms with van der Waals surface area (Å²) in [6.07, 6.45) is 0. The van der Waals surface area contributed by atoms with Crippen molar-refractivity contribution in [1.29, 1.82) is 0 Å². The summed E-state index contributed by atoms with van der Waals surface area (Å²) >= 11 is 0. The van der Waals surface area contributed by atoms with Gasteiger partial charge in [-0.2, -0.15) is 0 Å². The zero-order valence-corrected chi connectivity index (χ0v) is 12.3. The lowest BCUT2D eigenvalue weighted by molar-refractivity contribution is -0.142. The van der Waals surface area contributed by atoms with Crippen molar-refractivity contribution in [3.05, 3.63) is 58.4 Å². The van der Waals surface area contributed by atoms with Gasteiger partial charge in [-0.1, -0.05) is 18.2 Å². The second-order valence-electron chi connectivity index (χ2n) is 5.27. The summed E-state index contributed by atoms with van der Waals surface area (Å²) < 4.78 is 16.3. The van der Waals surface area contributed by atoms with E-state index in [0.717, 1.165) is 27.3 Å². The highest BCUT2D eigenvalue weighted by molar-refractivity contribution is 6.12. The second kappa shape index (κ2) is 4.98. The summed E-state index contributed by atoms with van der Waals surface area (Å²) in [5.41, 5.74) is 2.05. The molecule has 5 heteroatoms. The minimum atomic E-state index is -0.439. The highest BCUT2D eigenvalue weighted by atomic mass is 16.5. The smallest absolute Gasteiger partial charge is 0.336 e. The maximum Gasteiger partial charge on any atom is 0.336 e. The molecular weight excluding hydrogens is 296 g/mol. The normalized spacial score (nSPS) is 11.3. The van der Waals surface area contributed by atoms with E-state index in [9.17, 15) is 9.59 Å². The van der Waals surface area contributed by atoms with Crippen molar-refractivity contribution in [2.45, 2.75) is 13.5 Å². The van der Waals surface area contributed by atoms with Gasteiger partial charge < -0.3 is 13.6 Å². The number of esters is 1. The first-order chi connectivity index (χ1) is 11.1. The molecule has 4 rings (SSSR count). The Hall–Kier alpha value is -3.08. The number of carbonyl (C=O) groups excluding carboxylic acids is 1. The molecule has 114 valence electrons. The van der Waals surface area contributed by atoms with Gasteiger partial charge in [0.25, 0.3) is 0 Å². The van der Waals surface area contributed by atoms with Gasteiger partial charge in [0.1, 0.15) is 23.4 Å². The minimum Gasteiger partial charge on any atom is -0.461 e. The number of para-hydroxylation sites is 1. The molecule has 0 saturated carbocycles. The standard InChI is InChI=1S/C18H12O5/c1-10(19)21-9-13-11-6-7-17(20)23-15(11)8-16-18(13)12-4-2-3-5-14(12)22-16/h2-8H,9H2,1H3. The number of hydrogen-bond acceptors (Lipinski definition) is 5. The Kier molecular flexibility index (Phi) is 2.94. The number of ether oxygens (including phenoxy) is 1. The number of carbonyl (C=O) groups is 1. The minimum absolute atomic E-state index is 0.0838. The van der Waals surface area contributed by atoms with E-state index in [2.05, 4.69) is 0 Å². The lowest BCUT2D eigenvalue weighted by Gasteiger charge is -2.08. The molecular formula is C18H12O5. The highest BCUT2D eigenvalue weighted by Crippen LogP contribution is 2.36. The molecule has 0 bridgehead atoms. The van der Waals surface area contributed by atoms with Gasteiger partial charge in [-0.05, 0) is 12.1 Å². The van der Waals surface area contributed by atoms with Gasteiger partial charge in [-0.25, -0.2) is 4.79 Å². The Labute approximate surface area is 130 Å². The van der Waals surface area contributed by atoms with E-state index in [1.165, 1.54) is 13.0 Å². The van der Waals surface area contributed by atoms with Gasteiger partial charge in [-0.15, -0.1) is 0 Å². The third-order valence-electron chi connectivity index (χ3n) is 3.79. The van der Waals surface area contributed by atoms with E-state index in [0.29, 0.717) is 11.2 Å². The topological polar surface area (TPSA) is 69.7 Å². The van der Waals surface area contributed by atoms with Gasteiger partial charge >= 0.3 is 11.6 Å². The highest BCUT2D eigenvalue weighted by Gasteiger charge is 2.17. The lowest BCUT2D eigenvalue weighted by atomic mass is 10.0. The van der Waals surface area contributed by atoms with Crippen molar-refractivity contribution in [3.63, 3.8) is 0 Å². The van der Waals surface area contributed by atoms with Crippen molar-refractivity contribution in [2.24, 2.45) is 0 Å². The number of benzene rings is 2. The van der Waals surface area contributed by atoms with Crippen LogP contribution >= 0.6 is 0 Å². The fourth-order valence-corrected chi connectivity index (χ4v) is 2.84. The molecule has 2 aromatic carbocycles. The Morgan fingerprint density at radius 1 is 1.00 bits per heavy atom. The predicted molar refractivity (Wildman–Crippen MR) is 85.2 cm³/mol. The predicted octanol–water partition coefficient (Wildman–Crippen LogP) is 3.76. The van der Waals surface area contributed by atoms with Crippen LogP contribution in [0.3, 0.4) is 0 Å². The van der Waals surface area contributed by atoms with E-state index in [1.54, 1.807) is 12.1 Å². The molecule has 0 amide bonds. The molecule has 0 unspecified atom stereocenters. The monoisotopic (exact) mass is 308 g/mol.